The van der Waals surface area contributed by atoms with Crippen LogP contribution in [-0.4, -0.2) is 31.7 Å². The van der Waals surface area contributed by atoms with Gasteiger partial charge in [-0.05, 0) is 43.7 Å². The zero-order chi connectivity index (χ0) is 21.3. The molecule has 156 valence electrons. The van der Waals surface area contributed by atoms with E-state index in [9.17, 15) is 22.8 Å². The van der Waals surface area contributed by atoms with Crippen molar-refractivity contribution in [3.63, 3.8) is 0 Å². The maximum Gasteiger partial charge on any atom is 0.416 e. The minimum absolute atomic E-state index is 0.0474. The summed E-state index contributed by atoms with van der Waals surface area (Å²) in [5.41, 5.74) is -0.200. The Morgan fingerprint density at radius 3 is 2.38 bits per heavy atom. The number of hydrogen-bond donors (Lipinski definition) is 3. The van der Waals surface area contributed by atoms with Gasteiger partial charge in [0.05, 0.1) is 5.56 Å². The first-order valence-corrected chi connectivity index (χ1v) is 9.13. The average molecular weight is 408 g/mol. The third-order valence-corrected chi connectivity index (χ3v) is 3.94. The second kappa shape index (κ2) is 10.4. The highest BCUT2D eigenvalue weighted by Crippen LogP contribution is 2.30. The van der Waals surface area contributed by atoms with Crippen LogP contribution in [0.25, 0.3) is 0 Å². The number of anilines is 2. The SMILES string of the molecule is CCNC(=O)NCCCN(C(=O)Nc1cccc(C(F)(F)F)c1)c1ccccc1. The largest absolute Gasteiger partial charge is 0.416 e. The number of rotatable bonds is 7. The highest BCUT2D eigenvalue weighted by atomic mass is 19.4. The van der Waals surface area contributed by atoms with Crippen molar-refractivity contribution in [1.82, 2.24) is 10.6 Å². The molecule has 0 unspecified atom stereocenters. The summed E-state index contributed by atoms with van der Waals surface area (Å²) in [7, 11) is 0. The Morgan fingerprint density at radius 1 is 1.00 bits per heavy atom. The molecule has 2 aromatic rings. The maximum atomic E-state index is 12.9. The van der Waals surface area contributed by atoms with E-state index in [4.69, 9.17) is 0 Å². The second-order valence-electron chi connectivity index (χ2n) is 6.14. The number of alkyl halides is 3. The standard InChI is InChI=1S/C20H23F3N4O2/c1-2-24-18(28)25-12-7-13-27(17-10-4-3-5-11-17)19(29)26-16-9-6-8-15(14-16)20(21,22)23/h3-6,8-11,14H,2,7,12-13H2,1H3,(H,26,29)(H2,24,25,28). The Kier molecular flexibility index (Phi) is 7.88. The molecule has 0 saturated heterocycles. The summed E-state index contributed by atoms with van der Waals surface area (Å²) in [6.07, 6.45) is -4.04. The summed E-state index contributed by atoms with van der Waals surface area (Å²) >= 11 is 0. The zero-order valence-electron chi connectivity index (χ0n) is 15.9. The molecule has 6 nitrogen and oxygen atoms in total. The van der Waals surface area contributed by atoms with E-state index in [-0.39, 0.29) is 18.3 Å². The molecule has 2 rings (SSSR count). The molecular formula is C20H23F3N4O2. The maximum absolute atomic E-state index is 12.9. The summed E-state index contributed by atoms with van der Waals surface area (Å²) in [5, 5.41) is 7.78. The van der Waals surface area contributed by atoms with Gasteiger partial charge in [0.1, 0.15) is 0 Å². The molecule has 0 aliphatic rings. The quantitative estimate of drug-likeness (QED) is 0.592. The lowest BCUT2D eigenvalue weighted by Crippen LogP contribution is -2.39. The van der Waals surface area contributed by atoms with Crippen molar-refractivity contribution in [2.75, 3.05) is 29.9 Å². The summed E-state index contributed by atoms with van der Waals surface area (Å²) in [5.74, 6) is 0. The van der Waals surface area contributed by atoms with Crippen LogP contribution in [-0.2, 0) is 6.18 Å². The Balaban J connectivity index is 2.06. The molecule has 9 heteroatoms. The van der Waals surface area contributed by atoms with Crippen LogP contribution in [0.4, 0.5) is 34.1 Å². The van der Waals surface area contributed by atoms with E-state index in [1.165, 1.54) is 17.0 Å². The smallest absolute Gasteiger partial charge is 0.338 e. The molecule has 0 aromatic heterocycles. The minimum atomic E-state index is -4.50. The lowest BCUT2D eigenvalue weighted by atomic mass is 10.2. The van der Waals surface area contributed by atoms with E-state index < -0.39 is 17.8 Å². The molecule has 0 bridgehead atoms. The first kappa shape index (κ1) is 22.1. The number of carbonyl (C=O) groups is 2. The van der Waals surface area contributed by atoms with Gasteiger partial charge in [-0.2, -0.15) is 13.2 Å². The number of amides is 4. The van der Waals surface area contributed by atoms with Crippen LogP contribution >= 0.6 is 0 Å². The van der Waals surface area contributed by atoms with E-state index >= 15 is 0 Å². The van der Waals surface area contributed by atoms with Gasteiger partial charge in [0.15, 0.2) is 0 Å². The average Bonchev–Trinajstić information content (AvgIpc) is 2.68. The molecule has 29 heavy (non-hydrogen) atoms. The van der Waals surface area contributed by atoms with E-state index in [2.05, 4.69) is 16.0 Å². The summed E-state index contributed by atoms with van der Waals surface area (Å²) in [4.78, 5) is 25.6. The predicted octanol–water partition coefficient (Wildman–Crippen LogP) is 4.45. The zero-order valence-corrected chi connectivity index (χ0v) is 15.9. The van der Waals surface area contributed by atoms with Crippen molar-refractivity contribution in [2.45, 2.75) is 19.5 Å². The fraction of sp³-hybridized carbons (Fsp3) is 0.300. The molecule has 0 radical (unpaired) electrons. The lowest BCUT2D eigenvalue weighted by molar-refractivity contribution is -0.137. The van der Waals surface area contributed by atoms with Crippen molar-refractivity contribution in [3.05, 3.63) is 60.2 Å². The van der Waals surface area contributed by atoms with Gasteiger partial charge < -0.3 is 16.0 Å². The van der Waals surface area contributed by atoms with Gasteiger partial charge in [0, 0.05) is 31.0 Å². The Bertz CT molecular complexity index is 813. The van der Waals surface area contributed by atoms with Crippen LogP contribution in [0.2, 0.25) is 0 Å². The molecule has 0 saturated carbocycles. The monoisotopic (exact) mass is 408 g/mol. The van der Waals surface area contributed by atoms with E-state index in [1.54, 1.807) is 37.3 Å². The van der Waals surface area contributed by atoms with Gasteiger partial charge >= 0.3 is 18.2 Å². The van der Waals surface area contributed by atoms with Crippen LogP contribution < -0.4 is 20.9 Å². The van der Waals surface area contributed by atoms with Crippen molar-refractivity contribution in [1.29, 1.82) is 0 Å². The number of hydrogen-bond acceptors (Lipinski definition) is 2. The molecule has 2 aromatic carbocycles. The lowest BCUT2D eigenvalue weighted by Gasteiger charge is -2.23. The molecule has 0 fully saturated rings. The van der Waals surface area contributed by atoms with Crippen molar-refractivity contribution in [3.8, 4) is 0 Å². The first-order valence-electron chi connectivity index (χ1n) is 9.13. The van der Waals surface area contributed by atoms with Crippen LogP contribution in [0.15, 0.2) is 54.6 Å². The molecule has 3 N–H and O–H groups in total. The number of benzene rings is 2. The molecular weight excluding hydrogens is 385 g/mol. The minimum Gasteiger partial charge on any atom is -0.338 e. The van der Waals surface area contributed by atoms with Crippen LogP contribution in [0.3, 0.4) is 0 Å². The molecule has 0 atom stereocenters. The van der Waals surface area contributed by atoms with Crippen LogP contribution in [0.1, 0.15) is 18.9 Å². The Hall–Kier alpha value is -3.23. The number of carbonyl (C=O) groups excluding carboxylic acids is 2. The second-order valence-corrected chi connectivity index (χ2v) is 6.14. The number of nitrogens with zero attached hydrogens (tertiary/aromatic N) is 1. The first-order chi connectivity index (χ1) is 13.8. The highest BCUT2D eigenvalue weighted by Gasteiger charge is 2.30. The van der Waals surface area contributed by atoms with Gasteiger partial charge in [-0.15, -0.1) is 0 Å². The fourth-order valence-corrected chi connectivity index (χ4v) is 2.58. The molecule has 0 heterocycles. The molecule has 0 spiro atoms. The number of urea groups is 2. The van der Waals surface area contributed by atoms with Gasteiger partial charge in [0.25, 0.3) is 0 Å². The Labute approximate surface area is 167 Å². The normalized spacial score (nSPS) is 10.9. The van der Waals surface area contributed by atoms with Crippen LogP contribution in [0, 0.1) is 0 Å². The number of halogens is 3. The molecule has 4 amide bonds. The highest BCUT2D eigenvalue weighted by molar-refractivity contribution is 6.01. The van der Waals surface area contributed by atoms with E-state index in [0.717, 1.165) is 12.1 Å². The summed E-state index contributed by atoms with van der Waals surface area (Å²) in [6, 6.07) is 12.4. The summed E-state index contributed by atoms with van der Waals surface area (Å²) < 4.78 is 38.7. The van der Waals surface area contributed by atoms with Crippen LogP contribution in [0.5, 0.6) is 0 Å². The fourth-order valence-electron chi connectivity index (χ4n) is 2.58. The van der Waals surface area contributed by atoms with E-state index in [0.29, 0.717) is 25.2 Å². The molecule has 0 aliphatic carbocycles. The van der Waals surface area contributed by atoms with Gasteiger partial charge in [0.2, 0.25) is 0 Å². The van der Waals surface area contributed by atoms with Crippen molar-refractivity contribution >= 4 is 23.4 Å². The predicted molar refractivity (Wildman–Crippen MR) is 106 cm³/mol. The number of para-hydroxylation sites is 1. The molecule has 0 aliphatic heterocycles. The van der Waals surface area contributed by atoms with Gasteiger partial charge in [-0.3, -0.25) is 4.90 Å². The van der Waals surface area contributed by atoms with Gasteiger partial charge in [-0.25, -0.2) is 9.59 Å². The third kappa shape index (κ3) is 7.02. The topological polar surface area (TPSA) is 73.5 Å². The Morgan fingerprint density at radius 2 is 1.72 bits per heavy atom. The van der Waals surface area contributed by atoms with Gasteiger partial charge in [-0.1, -0.05) is 24.3 Å². The van der Waals surface area contributed by atoms with Crippen molar-refractivity contribution in [2.24, 2.45) is 0 Å². The summed E-state index contributed by atoms with van der Waals surface area (Å²) in [6.45, 7) is 2.91. The third-order valence-electron chi connectivity index (χ3n) is 3.94. The van der Waals surface area contributed by atoms with Crippen molar-refractivity contribution < 1.29 is 22.8 Å². The number of nitrogens with one attached hydrogen (secondary N) is 3. The van der Waals surface area contributed by atoms with E-state index in [1.807, 2.05) is 0 Å².